The van der Waals surface area contributed by atoms with Crippen molar-refractivity contribution < 1.29 is 0 Å². The predicted molar refractivity (Wildman–Crippen MR) is 58.5 cm³/mol. The number of nitrogens with two attached hydrogens (primary N) is 1. The summed E-state index contributed by atoms with van der Waals surface area (Å²) in [6.07, 6.45) is 1.09. The molecule has 0 saturated heterocycles. The van der Waals surface area contributed by atoms with Gasteiger partial charge in [0.15, 0.2) is 0 Å². The van der Waals surface area contributed by atoms with Gasteiger partial charge in [-0.05, 0) is 41.3 Å². The zero-order valence-electron chi connectivity index (χ0n) is 7.38. The van der Waals surface area contributed by atoms with Crippen LogP contribution in [-0.2, 0) is 6.42 Å². The molecule has 0 amide bonds. The van der Waals surface area contributed by atoms with E-state index in [9.17, 15) is 0 Å². The van der Waals surface area contributed by atoms with Gasteiger partial charge < -0.3 is 5.73 Å². The minimum absolute atomic E-state index is 0.283. The lowest BCUT2D eigenvalue weighted by atomic mass is 10.00. The van der Waals surface area contributed by atoms with E-state index < -0.39 is 0 Å². The van der Waals surface area contributed by atoms with Crippen LogP contribution in [0.5, 0.6) is 0 Å². The molecule has 0 aromatic carbocycles. The van der Waals surface area contributed by atoms with Crippen molar-refractivity contribution in [3.8, 4) is 0 Å². The molecule has 68 valence electrons. The number of halogens is 1. The van der Waals surface area contributed by atoms with Crippen molar-refractivity contribution >= 4 is 27.3 Å². The van der Waals surface area contributed by atoms with Crippen LogP contribution in [0.15, 0.2) is 15.9 Å². The van der Waals surface area contributed by atoms with Crippen LogP contribution in [0.4, 0.5) is 0 Å². The van der Waals surface area contributed by atoms with Crippen molar-refractivity contribution in [1.29, 1.82) is 0 Å². The largest absolute Gasteiger partial charge is 0.328 e. The molecule has 1 rings (SSSR count). The first-order valence-corrected chi connectivity index (χ1v) is 5.75. The molecule has 0 fully saturated rings. The second-order valence-electron chi connectivity index (χ2n) is 3.27. The molecule has 2 atom stereocenters. The summed E-state index contributed by atoms with van der Waals surface area (Å²) in [4.78, 5) is 1.41. The molecule has 1 aromatic heterocycles. The molecule has 0 bridgehead atoms. The molecule has 1 aromatic rings. The fourth-order valence-corrected chi connectivity index (χ4v) is 2.56. The Labute approximate surface area is 86.1 Å². The summed E-state index contributed by atoms with van der Waals surface area (Å²) in [6.45, 7) is 4.26. The van der Waals surface area contributed by atoms with Gasteiger partial charge in [0.25, 0.3) is 0 Å². The van der Waals surface area contributed by atoms with Crippen LogP contribution in [0.1, 0.15) is 18.7 Å². The van der Waals surface area contributed by atoms with E-state index >= 15 is 0 Å². The molecule has 0 spiro atoms. The summed E-state index contributed by atoms with van der Waals surface area (Å²) >= 11 is 5.23. The van der Waals surface area contributed by atoms with Crippen molar-refractivity contribution in [2.45, 2.75) is 26.3 Å². The van der Waals surface area contributed by atoms with E-state index in [2.05, 4.69) is 41.2 Å². The van der Waals surface area contributed by atoms with Crippen molar-refractivity contribution in [2.24, 2.45) is 11.7 Å². The fourth-order valence-electron chi connectivity index (χ4n) is 0.964. The molecule has 0 saturated carbocycles. The number of hydrogen-bond acceptors (Lipinski definition) is 2. The van der Waals surface area contributed by atoms with Crippen molar-refractivity contribution in [3.05, 3.63) is 20.8 Å². The van der Waals surface area contributed by atoms with E-state index in [1.54, 1.807) is 11.3 Å². The topological polar surface area (TPSA) is 26.0 Å². The molecule has 2 unspecified atom stereocenters. The molecule has 2 N–H and O–H groups in total. The normalized spacial score (nSPS) is 16.0. The van der Waals surface area contributed by atoms with Gasteiger partial charge in [0, 0.05) is 20.8 Å². The van der Waals surface area contributed by atoms with Crippen molar-refractivity contribution in [2.75, 3.05) is 0 Å². The third-order valence-electron chi connectivity index (χ3n) is 2.04. The molecule has 3 heteroatoms. The maximum absolute atomic E-state index is 5.78. The Balaban J connectivity index is 2.52. The molecule has 1 heterocycles. The Morgan fingerprint density at radius 3 is 2.67 bits per heavy atom. The first-order chi connectivity index (χ1) is 5.59. The third-order valence-corrected chi connectivity index (χ3v) is 3.76. The van der Waals surface area contributed by atoms with E-state index in [-0.39, 0.29) is 6.04 Å². The Morgan fingerprint density at radius 2 is 2.25 bits per heavy atom. The lowest BCUT2D eigenvalue weighted by Gasteiger charge is -2.13. The van der Waals surface area contributed by atoms with Crippen LogP contribution in [0.25, 0.3) is 0 Å². The minimum Gasteiger partial charge on any atom is -0.328 e. The van der Waals surface area contributed by atoms with Crippen LogP contribution in [-0.4, -0.2) is 6.04 Å². The SMILES string of the molecule is CC(N)C(C)Cc1cc(Br)cs1. The predicted octanol–water partition coefficient (Wildman–Crippen LogP) is 3.04. The Kier molecular flexibility index (Phi) is 3.75. The standard InChI is InChI=1S/C9H14BrNS/c1-6(7(2)11)3-9-4-8(10)5-12-9/h4-7H,3,11H2,1-2H3. The van der Waals surface area contributed by atoms with E-state index in [0.717, 1.165) is 6.42 Å². The molecule has 12 heavy (non-hydrogen) atoms. The monoisotopic (exact) mass is 247 g/mol. The smallest absolute Gasteiger partial charge is 0.0285 e. The number of thiophene rings is 1. The van der Waals surface area contributed by atoms with Gasteiger partial charge in [-0.15, -0.1) is 11.3 Å². The van der Waals surface area contributed by atoms with Crippen molar-refractivity contribution in [1.82, 2.24) is 0 Å². The van der Waals surface area contributed by atoms with Gasteiger partial charge >= 0.3 is 0 Å². The van der Waals surface area contributed by atoms with E-state index in [0.29, 0.717) is 5.92 Å². The Bertz CT molecular complexity index is 244. The van der Waals surface area contributed by atoms with Crippen LogP contribution >= 0.6 is 27.3 Å². The van der Waals surface area contributed by atoms with Crippen LogP contribution in [0.2, 0.25) is 0 Å². The minimum atomic E-state index is 0.283. The van der Waals surface area contributed by atoms with Gasteiger partial charge in [-0.1, -0.05) is 6.92 Å². The molecular weight excluding hydrogens is 234 g/mol. The highest BCUT2D eigenvalue weighted by Gasteiger charge is 2.09. The van der Waals surface area contributed by atoms with Gasteiger partial charge in [0.05, 0.1) is 0 Å². The maximum Gasteiger partial charge on any atom is 0.0285 e. The van der Waals surface area contributed by atoms with Gasteiger partial charge in [-0.2, -0.15) is 0 Å². The fraction of sp³-hybridized carbons (Fsp3) is 0.556. The molecule has 0 aliphatic heterocycles. The highest BCUT2D eigenvalue weighted by Crippen LogP contribution is 2.22. The summed E-state index contributed by atoms with van der Waals surface area (Å²) < 4.78 is 1.18. The Hall–Kier alpha value is 0.140. The van der Waals surface area contributed by atoms with Crippen LogP contribution in [0, 0.1) is 5.92 Å². The van der Waals surface area contributed by atoms with Gasteiger partial charge in [-0.25, -0.2) is 0 Å². The van der Waals surface area contributed by atoms with Crippen LogP contribution in [0.3, 0.4) is 0 Å². The van der Waals surface area contributed by atoms with Crippen LogP contribution < -0.4 is 5.73 Å². The van der Waals surface area contributed by atoms with Crippen molar-refractivity contribution in [3.63, 3.8) is 0 Å². The van der Waals surface area contributed by atoms with E-state index in [1.807, 2.05) is 0 Å². The molecule has 0 aliphatic rings. The maximum atomic E-state index is 5.78. The highest BCUT2D eigenvalue weighted by atomic mass is 79.9. The zero-order valence-corrected chi connectivity index (χ0v) is 9.78. The quantitative estimate of drug-likeness (QED) is 0.874. The van der Waals surface area contributed by atoms with E-state index in [4.69, 9.17) is 5.73 Å². The zero-order chi connectivity index (χ0) is 9.14. The van der Waals surface area contributed by atoms with Gasteiger partial charge in [0.2, 0.25) is 0 Å². The average Bonchev–Trinajstić information content (AvgIpc) is 2.35. The average molecular weight is 248 g/mol. The van der Waals surface area contributed by atoms with Gasteiger partial charge in [-0.3, -0.25) is 0 Å². The lowest BCUT2D eigenvalue weighted by Crippen LogP contribution is -2.25. The third kappa shape index (κ3) is 2.88. The number of hydrogen-bond donors (Lipinski definition) is 1. The second-order valence-corrected chi connectivity index (χ2v) is 5.18. The number of rotatable bonds is 3. The summed E-state index contributed by atoms with van der Waals surface area (Å²) in [6, 6.07) is 2.45. The second kappa shape index (κ2) is 4.40. The molecular formula is C9H14BrNS. The first-order valence-electron chi connectivity index (χ1n) is 4.08. The first kappa shape index (κ1) is 10.2. The highest BCUT2D eigenvalue weighted by molar-refractivity contribution is 9.10. The molecule has 1 nitrogen and oxygen atoms in total. The molecule has 0 radical (unpaired) electrons. The van der Waals surface area contributed by atoms with Gasteiger partial charge in [0.1, 0.15) is 0 Å². The lowest BCUT2D eigenvalue weighted by molar-refractivity contribution is 0.485. The molecule has 0 aliphatic carbocycles. The van der Waals surface area contributed by atoms with E-state index in [1.165, 1.54) is 9.35 Å². The summed E-state index contributed by atoms with van der Waals surface area (Å²) in [5.74, 6) is 0.565. The summed E-state index contributed by atoms with van der Waals surface area (Å²) in [5.41, 5.74) is 5.78. The summed E-state index contributed by atoms with van der Waals surface area (Å²) in [7, 11) is 0. The summed E-state index contributed by atoms with van der Waals surface area (Å²) in [5, 5.41) is 2.11. The Morgan fingerprint density at radius 1 is 1.58 bits per heavy atom.